The zero-order chi connectivity index (χ0) is 18.5. The fourth-order valence-electron chi connectivity index (χ4n) is 2.82. The molecule has 0 spiro atoms. The number of nitrogens with one attached hydrogen (secondary N) is 2. The van der Waals surface area contributed by atoms with E-state index in [2.05, 4.69) is 45.3 Å². The van der Waals surface area contributed by atoms with Crippen LogP contribution in [0.2, 0.25) is 0 Å². The zero-order valence-electron chi connectivity index (χ0n) is 15.6. The number of carbonyl (C=O) groups is 1. The lowest BCUT2D eigenvalue weighted by molar-refractivity contribution is 0.0975. The molecule has 24 heavy (non-hydrogen) atoms. The number of methoxy groups -OCH3 is 2. The Hall–Kier alpha value is -1.82. The van der Waals surface area contributed by atoms with E-state index in [1.54, 1.807) is 18.2 Å². The molecule has 0 aliphatic heterocycles. The molecule has 0 atom stereocenters. The maximum atomic E-state index is 12.4. The van der Waals surface area contributed by atoms with Gasteiger partial charge in [0.15, 0.2) is 5.11 Å². The van der Waals surface area contributed by atoms with Gasteiger partial charge in [0.1, 0.15) is 11.5 Å². The smallest absolute Gasteiger partial charge is 0.257 e. The van der Waals surface area contributed by atoms with E-state index in [-0.39, 0.29) is 16.9 Å². The Kier molecular flexibility index (Phi) is 6.60. The first-order valence-corrected chi connectivity index (χ1v) is 8.23. The molecule has 5 nitrogen and oxygen atoms in total. The minimum absolute atomic E-state index is 0.149. The van der Waals surface area contributed by atoms with Crippen molar-refractivity contribution in [2.24, 2.45) is 5.41 Å². The van der Waals surface area contributed by atoms with Gasteiger partial charge in [-0.1, -0.05) is 20.8 Å². The van der Waals surface area contributed by atoms with Crippen LogP contribution in [0.15, 0.2) is 18.2 Å². The summed E-state index contributed by atoms with van der Waals surface area (Å²) in [5, 5.41) is 6.22. The summed E-state index contributed by atoms with van der Waals surface area (Å²) in [5.74, 6) is 0.786. The van der Waals surface area contributed by atoms with Crippen molar-refractivity contribution in [3.05, 3.63) is 23.8 Å². The normalized spacial score (nSPS) is 11.6. The summed E-state index contributed by atoms with van der Waals surface area (Å²) in [6.45, 7) is 10.6. The van der Waals surface area contributed by atoms with Gasteiger partial charge in [0, 0.05) is 17.2 Å². The second kappa shape index (κ2) is 7.83. The van der Waals surface area contributed by atoms with Gasteiger partial charge in [0.25, 0.3) is 5.91 Å². The molecule has 1 amide bonds. The van der Waals surface area contributed by atoms with Gasteiger partial charge in [0.2, 0.25) is 0 Å². The van der Waals surface area contributed by atoms with Crippen molar-refractivity contribution in [1.82, 2.24) is 10.6 Å². The maximum Gasteiger partial charge on any atom is 0.257 e. The third kappa shape index (κ3) is 6.74. The fourth-order valence-corrected chi connectivity index (χ4v) is 3.19. The summed E-state index contributed by atoms with van der Waals surface area (Å²) in [6.07, 6.45) is 0.906. The summed E-state index contributed by atoms with van der Waals surface area (Å²) in [4.78, 5) is 12.4. The van der Waals surface area contributed by atoms with E-state index in [1.165, 1.54) is 14.2 Å². The van der Waals surface area contributed by atoms with E-state index in [0.29, 0.717) is 22.2 Å². The molecule has 0 saturated carbocycles. The van der Waals surface area contributed by atoms with Crippen molar-refractivity contribution in [2.45, 2.75) is 46.6 Å². The second-order valence-corrected chi connectivity index (χ2v) is 8.04. The van der Waals surface area contributed by atoms with Crippen LogP contribution < -0.4 is 20.1 Å². The Labute approximate surface area is 150 Å². The maximum absolute atomic E-state index is 12.4. The lowest BCUT2D eigenvalue weighted by Crippen LogP contribution is -2.51. The quantitative estimate of drug-likeness (QED) is 0.794. The average Bonchev–Trinajstić information content (AvgIpc) is 2.42. The van der Waals surface area contributed by atoms with Gasteiger partial charge in [-0.25, -0.2) is 0 Å². The first-order chi connectivity index (χ1) is 11.0. The van der Waals surface area contributed by atoms with Crippen molar-refractivity contribution in [1.29, 1.82) is 0 Å². The van der Waals surface area contributed by atoms with Crippen molar-refractivity contribution < 1.29 is 14.3 Å². The lowest BCUT2D eigenvalue weighted by Gasteiger charge is -2.34. The second-order valence-electron chi connectivity index (χ2n) is 7.63. The van der Waals surface area contributed by atoms with Crippen molar-refractivity contribution in [2.75, 3.05) is 14.2 Å². The van der Waals surface area contributed by atoms with Crippen LogP contribution >= 0.6 is 12.2 Å². The predicted molar refractivity (Wildman–Crippen MR) is 101 cm³/mol. The van der Waals surface area contributed by atoms with Gasteiger partial charge in [-0.2, -0.15) is 0 Å². The SMILES string of the molecule is COc1cc(OC)cc(C(=O)NC(=S)NC(C)(C)CC(C)(C)C)c1. The number of thiocarbonyl (C=S) groups is 1. The third-order valence-electron chi connectivity index (χ3n) is 3.26. The molecule has 0 aliphatic carbocycles. The molecular weight excluding hydrogens is 324 g/mol. The van der Waals surface area contributed by atoms with E-state index in [4.69, 9.17) is 21.7 Å². The van der Waals surface area contributed by atoms with Crippen LogP contribution in [0.4, 0.5) is 0 Å². The number of amides is 1. The van der Waals surface area contributed by atoms with E-state index in [0.717, 1.165) is 6.42 Å². The molecule has 0 aliphatic rings. The standard InChI is InChI=1S/C18H28N2O3S/c1-17(2,3)11-18(4,5)20-16(24)19-15(21)12-8-13(22-6)10-14(9-12)23-7/h8-10H,11H2,1-7H3,(H2,19,20,21,24). The molecule has 0 fully saturated rings. The van der Waals surface area contributed by atoms with Gasteiger partial charge in [-0.15, -0.1) is 0 Å². The number of ether oxygens (including phenoxy) is 2. The van der Waals surface area contributed by atoms with E-state index in [9.17, 15) is 4.79 Å². The highest BCUT2D eigenvalue weighted by atomic mass is 32.1. The summed E-state index contributed by atoms with van der Waals surface area (Å²) >= 11 is 5.28. The molecule has 0 heterocycles. The number of carbonyl (C=O) groups excluding carboxylic acids is 1. The fraction of sp³-hybridized carbons (Fsp3) is 0.556. The summed E-state index contributed by atoms with van der Waals surface area (Å²) in [7, 11) is 3.08. The predicted octanol–water partition coefficient (Wildman–Crippen LogP) is 3.52. The summed E-state index contributed by atoms with van der Waals surface area (Å²) in [5.41, 5.74) is 0.342. The van der Waals surface area contributed by atoms with Crippen molar-refractivity contribution >= 4 is 23.2 Å². The minimum atomic E-state index is -0.309. The van der Waals surface area contributed by atoms with Crippen molar-refractivity contribution in [3.63, 3.8) is 0 Å². The van der Waals surface area contributed by atoms with Crippen LogP contribution in [0, 0.1) is 5.41 Å². The van der Waals surface area contributed by atoms with Crippen LogP contribution in [0.1, 0.15) is 51.4 Å². The summed E-state index contributed by atoms with van der Waals surface area (Å²) in [6, 6.07) is 4.99. The summed E-state index contributed by atoms with van der Waals surface area (Å²) < 4.78 is 10.4. The highest BCUT2D eigenvalue weighted by Gasteiger charge is 2.26. The lowest BCUT2D eigenvalue weighted by atomic mass is 9.82. The zero-order valence-corrected chi connectivity index (χ0v) is 16.4. The average molecular weight is 353 g/mol. The van der Waals surface area contributed by atoms with Crippen LogP contribution in [0.5, 0.6) is 11.5 Å². The van der Waals surface area contributed by atoms with Crippen LogP contribution in [-0.4, -0.2) is 30.8 Å². The first kappa shape index (κ1) is 20.2. The Bertz CT molecular complexity index is 585. The number of hydrogen-bond donors (Lipinski definition) is 2. The van der Waals surface area contributed by atoms with Gasteiger partial charge < -0.3 is 14.8 Å². The molecular formula is C18H28N2O3S. The number of hydrogen-bond acceptors (Lipinski definition) is 4. The van der Waals surface area contributed by atoms with Crippen LogP contribution in [-0.2, 0) is 0 Å². The van der Waals surface area contributed by atoms with Gasteiger partial charge in [-0.3, -0.25) is 10.1 Å². The molecule has 6 heteroatoms. The molecule has 1 aromatic carbocycles. The molecule has 0 saturated heterocycles. The minimum Gasteiger partial charge on any atom is -0.497 e. The largest absolute Gasteiger partial charge is 0.497 e. The Balaban J connectivity index is 2.79. The van der Waals surface area contributed by atoms with Crippen molar-refractivity contribution in [3.8, 4) is 11.5 Å². The molecule has 1 aromatic rings. The molecule has 0 aromatic heterocycles. The molecule has 1 rings (SSSR count). The monoisotopic (exact) mass is 352 g/mol. The highest BCUT2D eigenvalue weighted by Crippen LogP contribution is 2.27. The van der Waals surface area contributed by atoms with E-state index in [1.807, 2.05) is 0 Å². The molecule has 2 N–H and O–H groups in total. The number of benzene rings is 1. The Morgan fingerprint density at radius 2 is 1.54 bits per heavy atom. The van der Waals surface area contributed by atoms with Gasteiger partial charge >= 0.3 is 0 Å². The van der Waals surface area contributed by atoms with Crippen LogP contribution in [0.25, 0.3) is 0 Å². The van der Waals surface area contributed by atoms with E-state index >= 15 is 0 Å². The third-order valence-corrected chi connectivity index (χ3v) is 3.47. The first-order valence-electron chi connectivity index (χ1n) is 7.82. The highest BCUT2D eigenvalue weighted by molar-refractivity contribution is 7.80. The molecule has 0 bridgehead atoms. The molecule has 0 unspecified atom stereocenters. The van der Waals surface area contributed by atoms with Gasteiger partial charge in [-0.05, 0) is 50.0 Å². The Morgan fingerprint density at radius 3 is 1.96 bits per heavy atom. The van der Waals surface area contributed by atoms with Crippen LogP contribution in [0.3, 0.4) is 0 Å². The topological polar surface area (TPSA) is 59.6 Å². The Morgan fingerprint density at radius 1 is 1.04 bits per heavy atom. The molecule has 0 radical (unpaired) electrons. The number of rotatable bonds is 5. The van der Waals surface area contributed by atoms with E-state index < -0.39 is 0 Å². The molecule has 134 valence electrons. The van der Waals surface area contributed by atoms with Gasteiger partial charge in [0.05, 0.1) is 14.2 Å².